The van der Waals surface area contributed by atoms with Crippen LogP contribution in [0.3, 0.4) is 0 Å². The van der Waals surface area contributed by atoms with Crippen LogP contribution in [0.2, 0.25) is 0 Å². The molecule has 5 nitrogen and oxygen atoms in total. The van der Waals surface area contributed by atoms with Crippen LogP contribution in [0.5, 0.6) is 5.75 Å². The number of carbonyl (C=O) groups is 2. The summed E-state index contributed by atoms with van der Waals surface area (Å²) in [5.41, 5.74) is 1.25. The lowest BCUT2D eigenvalue weighted by molar-refractivity contribution is -0.158. The number of hydrogen-bond donors (Lipinski definition) is 0. The number of halogens is 2. The lowest BCUT2D eigenvalue weighted by atomic mass is 9.82. The first-order valence-corrected chi connectivity index (χ1v) is 15.8. The second-order valence-corrected chi connectivity index (χ2v) is 11.8. The Morgan fingerprint density at radius 1 is 0.725 bits per heavy atom. The molecule has 2 saturated carbocycles. The molecule has 0 bridgehead atoms. The number of rotatable bonds is 16. The molecular formula is C33H50F2O5. The smallest absolute Gasteiger partial charge is 0.340 e. The van der Waals surface area contributed by atoms with Gasteiger partial charge in [0.25, 0.3) is 0 Å². The summed E-state index contributed by atoms with van der Waals surface area (Å²) in [6.07, 6.45) is 9.13. The van der Waals surface area contributed by atoms with Gasteiger partial charge in [0, 0.05) is 0 Å². The van der Waals surface area contributed by atoms with Gasteiger partial charge in [0.2, 0.25) is 0 Å². The second-order valence-electron chi connectivity index (χ2n) is 11.8. The molecule has 2 fully saturated rings. The quantitative estimate of drug-likeness (QED) is 0.149. The number of benzene rings is 1. The fraction of sp³-hybridized carbons (Fsp3) is 0.758. The van der Waals surface area contributed by atoms with Crippen LogP contribution in [0, 0.1) is 5.92 Å². The highest BCUT2D eigenvalue weighted by atomic mass is 19.1. The number of carbonyl (C=O) groups excluding carboxylic acids is 2. The number of unbranched alkanes of at least 4 members (excludes halogenated alkanes) is 4. The first kappa shape index (κ1) is 32.3. The van der Waals surface area contributed by atoms with Gasteiger partial charge in [-0.05, 0) is 107 Å². The molecule has 0 aliphatic heterocycles. The molecule has 0 heterocycles. The minimum absolute atomic E-state index is 0.182. The highest BCUT2D eigenvalue weighted by molar-refractivity contribution is 5.75. The van der Waals surface area contributed by atoms with Gasteiger partial charge in [-0.2, -0.15) is 0 Å². The van der Waals surface area contributed by atoms with Crippen LogP contribution in [-0.2, 0) is 19.1 Å². The van der Waals surface area contributed by atoms with E-state index in [0.29, 0.717) is 18.4 Å². The molecule has 1 aromatic carbocycles. The van der Waals surface area contributed by atoms with E-state index in [1.807, 2.05) is 12.1 Å². The number of esters is 2. The average Bonchev–Trinajstić information content (AvgIpc) is 2.97. The minimum atomic E-state index is -1.50. The van der Waals surface area contributed by atoms with Gasteiger partial charge in [-0.1, -0.05) is 51.7 Å². The van der Waals surface area contributed by atoms with E-state index in [2.05, 4.69) is 26.0 Å². The molecule has 1 aromatic rings. The number of ether oxygens (including phenoxy) is 3. The van der Waals surface area contributed by atoms with Crippen LogP contribution in [0.25, 0.3) is 0 Å². The predicted molar refractivity (Wildman–Crippen MR) is 153 cm³/mol. The maximum absolute atomic E-state index is 14.1. The Kier molecular flexibility index (Phi) is 14.2. The third kappa shape index (κ3) is 11.0. The summed E-state index contributed by atoms with van der Waals surface area (Å²) < 4.78 is 45.0. The zero-order valence-electron chi connectivity index (χ0n) is 24.6. The van der Waals surface area contributed by atoms with Gasteiger partial charge in [-0.15, -0.1) is 0 Å². The van der Waals surface area contributed by atoms with Crippen molar-refractivity contribution >= 4 is 11.9 Å². The monoisotopic (exact) mass is 564 g/mol. The van der Waals surface area contributed by atoms with Crippen LogP contribution in [0.4, 0.5) is 8.78 Å². The summed E-state index contributed by atoms with van der Waals surface area (Å²) in [5.74, 6) is 0.250. The molecule has 0 amide bonds. The molecule has 7 heteroatoms. The highest BCUT2D eigenvalue weighted by Crippen LogP contribution is 2.35. The molecule has 0 spiro atoms. The third-order valence-corrected chi connectivity index (χ3v) is 8.50. The maximum atomic E-state index is 14.1. The van der Waals surface area contributed by atoms with Gasteiger partial charge in [0.05, 0.1) is 6.61 Å². The van der Waals surface area contributed by atoms with Crippen LogP contribution < -0.4 is 4.74 Å². The molecule has 226 valence electrons. The van der Waals surface area contributed by atoms with Crippen molar-refractivity contribution < 1.29 is 32.6 Å². The first-order chi connectivity index (χ1) is 19.4. The van der Waals surface area contributed by atoms with E-state index in [0.717, 1.165) is 95.6 Å². The molecule has 0 saturated heterocycles. The van der Waals surface area contributed by atoms with Crippen molar-refractivity contribution in [2.45, 2.75) is 147 Å². The summed E-state index contributed by atoms with van der Waals surface area (Å²) in [5, 5.41) is 0. The highest BCUT2D eigenvalue weighted by Gasteiger charge is 2.29. The van der Waals surface area contributed by atoms with Crippen molar-refractivity contribution in [1.82, 2.24) is 0 Å². The molecule has 0 radical (unpaired) electrons. The van der Waals surface area contributed by atoms with Crippen molar-refractivity contribution in [2.24, 2.45) is 5.92 Å². The SMILES string of the molecule is CCCCC[C@H](F)C(=O)OC1CCC(COc2ccc(C3CCC(OC(=O)[C@@H](F)CCCCC)CC3)cc2)CC1. The van der Waals surface area contributed by atoms with E-state index in [1.165, 1.54) is 5.56 Å². The van der Waals surface area contributed by atoms with E-state index in [9.17, 15) is 18.4 Å². The van der Waals surface area contributed by atoms with Crippen LogP contribution >= 0.6 is 0 Å². The van der Waals surface area contributed by atoms with Gasteiger partial charge in [0.1, 0.15) is 18.0 Å². The van der Waals surface area contributed by atoms with Gasteiger partial charge in [-0.3, -0.25) is 0 Å². The maximum Gasteiger partial charge on any atom is 0.340 e. The van der Waals surface area contributed by atoms with Gasteiger partial charge < -0.3 is 14.2 Å². The van der Waals surface area contributed by atoms with Crippen molar-refractivity contribution in [2.75, 3.05) is 6.61 Å². The third-order valence-electron chi connectivity index (χ3n) is 8.50. The molecule has 2 aliphatic carbocycles. The van der Waals surface area contributed by atoms with Gasteiger partial charge in [0.15, 0.2) is 12.3 Å². The molecule has 40 heavy (non-hydrogen) atoms. The number of alkyl halides is 2. The normalized spacial score (nSPS) is 24.6. The summed E-state index contributed by atoms with van der Waals surface area (Å²) >= 11 is 0. The van der Waals surface area contributed by atoms with Crippen molar-refractivity contribution in [3.63, 3.8) is 0 Å². The van der Waals surface area contributed by atoms with E-state index >= 15 is 0 Å². The summed E-state index contributed by atoms with van der Waals surface area (Å²) in [4.78, 5) is 24.1. The predicted octanol–water partition coefficient (Wildman–Crippen LogP) is 8.57. The summed E-state index contributed by atoms with van der Waals surface area (Å²) in [7, 11) is 0. The standard InChI is InChI=1S/C33H50F2O5/c1-3-5-7-9-30(34)32(36)39-28-17-11-24(12-18-28)23-38-27-19-13-25(14-20-27)26-15-21-29(22-16-26)40-33(37)31(35)10-8-6-4-2/h13-14,19-20,24,26,28-31H,3-12,15-18,21-23H2,1-2H3/t24?,26?,28?,29?,30-,31-/m0/s1. The summed E-state index contributed by atoms with van der Waals surface area (Å²) in [6.45, 7) is 4.73. The topological polar surface area (TPSA) is 61.8 Å². The van der Waals surface area contributed by atoms with Crippen LogP contribution in [0.15, 0.2) is 24.3 Å². The van der Waals surface area contributed by atoms with Crippen molar-refractivity contribution in [1.29, 1.82) is 0 Å². The molecule has 0 unspecified atom stereocenters. The lowest BCUT2D eigenvalue weighted by Gasteiger charge is -2.29. The van der Waals surface area contributed by atoms with Crippen molar-refractivity contribution in [3.8, 4) is 5.75 Å². The Labute approximate surface area is 239 Å². The average molecular weight is 565 g/mol. The molecule has 0 aromatic heterocycles. The Hall–Kier alpha value is -2.18. The zero-order valence-corrected chi connectivity index (χ0v) is 24.6. The Bertz CT molecular complexity index is 860. The Morgan fingerprint density at radius 2 is 1.20 bits per heavy atom. The molecule has 0 N–H and O–H groups in total. The number of hydrogen-bond acceptors (Lipinski definition) is 5. The molecule has 3 rings (SSSR count). The minimum Gasteiger partial charge on any atom is -0.493 e. The van der Waals surface area contributed by atoms with E-state index in [1.54, 1.807) is 0 Å². The van der Waals surface area contributed by atoms with Gasteiger partial charge in [-0.25, -0.2) is 18.4 Å². The van der Waals surface area contributed by atoms with Crippen LogP contribution in [0.1, 0.15) is 128 Å². The Balaban J connectivity index is 1.31. The largest absolute Gasteiger partial charge is 0.493 e. The molecule has 2 atom stereocenters. The first-order valence-electron chi connectivity index (χ1n) is 15.8. The lowest BCUT2D eigenvalue weighted by Crippen LogP contribution is -2.30. The summed E-state index contributed by atoms with van der Waals surface area (Å²) in [6, 6.07) is 8.25. The van der Waals surface area contributed by atoms with Gasteiger partial charge >= 0.3 is 11.9 Å². The van der Waals surface area contributed by atoms with E-state index in [-0.39, 0.29) is 25.0 Å². The Morgan fingerprint density at radius 3 is 1.68 bits per heavy atom. The van der Waals surface area contributed by atoms with E-state index in [4.69, 9.17) is 14.2 Å². The molecule has 2 aliphatic rings. The van der Waals surface area contributed by atoms with Crippen LogP contribution in [-0.4, -0.2) is 43.1 Å². The fourth-order valence-corrected chi connectivity index (χ4v) is 5.84. The second kappa shape index (κ2) is 17.6. The van der Waals surface area contributed by atoms with Crippen molar-refractivity contribution in [3.05, 3.63) is 29.8 Å². The fourth-order valence-electron chi connectivity index (χ4n) is 5.84. The van der Waals surface area contributed by atoms with E-state index < -0.39 is 24.3 Å². The zero-order chi connectivity index (χ0) is 28.7. The molecular weight excluding hydrogens is 514 g/mol.